The van der Waals surface area contributed by atoms with Gasteiger partial charge in [-0.2, -0.15) is 0 Å². The first kappa shape index (κ1) is 10.3. The minimum Gasteiger partial charge on any atom is -0.393 e. The van der Waals surface area contributed by atoms with Gasteiger partial charge in [0.15, 0.2) is 0 Å². The van der Waals surface area contributed by atoms with Crippen molar-refractivity contribution in [2.45, 2.75) is 44.6 Å². The number of hydrogen-bond acceptors (Lipinski definition) is 1. The van der Waals surface area contributed by atoms with Crippen LogP contribution in [0.3, 0.4) is 0 Å². The Morgan fingerprint density at radius 3 is 2.69 bits per heavy atom. The van der Waals surface area contributed by atoms with Crippen molar-refractivity contribution in [1.82, 2.24) is 0 Å². The minimum atomic E-state index is -0.0855. The zero-order valence-electron chi connectivity index (χ0n) is 10.3. The van der Waals surface area contributed by atoms with Crippen LogP contribution in [0.25, 0.3) is 0 Å². The predicted octanol–water partition coefficient (Wildman–Crippen LogP) is 3.08. The number of aliphatic hydroxyl groups is 1. The summed E-state index contributed by atoms with van der Waals surface area (Å²) in [4.78, 5) is 0. The molecule has 1 aromatic carbocycles. The lowest BCUT2D eigenvalue weighted by Crippen LogP contribution is -2.53. The molecule has 1 fully saturated rings. The van der Waals surface area contributed by atoms with E-state index >= 15 is 0 Å². The molecule has 0 aromatic heterocycles. The van der Waals surface area contributed by atoms with Crippen LogP contribution in [0.5, 0.6) is 0 Å². The molecule has 1 saturated carbocycles. The Morgan fingerprint density at radius 1 is 1.25 bits per heavy atom. The van der Waals surface area contributed by atoms with Gasteiger partial charge in [-0.05, 0) is 40.7 Å². The molecule has 2 aliphatic carbocycles. The summed E-state index contributed by atoms with van der Waals surface area (Å²) in [5, 5.41) is 10.1. The van der Waals surface area contributed by atoms with E-state index in [1.165, 1.54) is 11.1 Å². The van der Waals surface area contributed by atoms with Crippen molar-refractivity contribution in [3.05, 3.63) is 35.4 Å². The van der Waals surface area contributed by atoms with Crippen LogP contribution in [0.15, 0.2) is 24.3 Å². The van der Waals surface area contributed by atoms with Gasteiger partial charge in [0.25, 0.3) is 0 Å². The monoisotopic (exact) mass is 216 g/mol. The fourth-order valence-electron chi connectivity index (χ4n) is 3.92. The highest BCUT2D eigenvalue weighted by Crippen LogP contribution is 2.57. The number of benzene rings is 1. The van der Waals surface area contributed by atoms with Crippen LogP contribution in [0.1, 0.15) is 44.2 Å². The topological polar surface area (TPSA) is 20.2 Å². The Labute approximate surface area is 97.5 Å². The molecule has 4 atom stereocenters. The molecule has 0 radical (unpaired) electrons. The maximum absolute atomic E-state index is 10.1. The fraction of sp³-hybridized carbons (Fsp3) is 0.600. The zero-order chi connectivity index (χ0) is 11.5. The van der Waals surface area contributed by atoms with Gasteiger partial charge in [0, 0.05) is 0 Å². The van der Waals surface area contributed by atoms with Crippen molar-refractivity contribution in [2.24, 2.45) is 11.8 Å². The first-order chi connectivity index (χ1) is 7.52. The van der Waals surface area contributed by atoms with Crippen molar-refractivity contribution < 1.29 is 5.11 Å². The van der Waals surface area contributed by atoms with E-state index in [1.807, 2.05) is 0 Å². The lowest BCUT2D eigenvalue weighted by Gasteiger charge is -2.55. The molecule has 0 saturated heterocycles. The maximum Gasteiger partial charge on any atom is 0.0606 e. The minimum absolute atomic E-state index is 0.0855. The lowest BCUT2D eigenvalue weighted by atomic mass is 9.51. The average molecular weight is 216 g/mol. The Hall–Kier alpha value is -0.820. The Morgan fingerprint density at radius 2 is 1.94 bits per heavy atom. The van der Waals surface area contributed by atoms with Gasteiger partial charge < -0.3 is 5.11 Å². The molecule has 1 nitrogen and oxygen atoms in total. The van der Waals surface area contributed by atoms with Crippen LogP contribution in [0.4, 0.5) is 0 Å². The van der Waals surface area contributed by atoms with Crippen LogP contribution < -0.4 is 0 Å². The predicted molar refractivity (Wildman–Crippen MR) is 65.5 cm³/mol. The van der Waals surface area contributed by atoms with Gasteiger partial charge in [0.05, 0.1) is 6.10 Å². The average Bonchev–Trinajstić information content (AvgIpc) is 2.28. The second-order valence-corrected chi connectivity index (χ2v) is 6.21. The quantitative estimate of drug-likeness (QED) is 0.706. The highest BCUT2D eigenvalue weighted by atomic mass is 16.3. The van der Waals surface area contributed by atoms with Gasteiger partial charge in [-0.15, -0.1) is 0 Å². The normalized spacial score (nSPS) is 39.5. The van der Waals surface area contributed by atoms with Gasteiger partial charge in [-0.3, -0.25) is 0 Å². The first-order valence-electron chi connectivity index (χ1n) is 6.30. The summed E-state index contributed by atoms with van der Waals surface area (Å²) >= 11 is 0. The molecule has 3 rings (SSSR count). The van der Waals surface area contributed by atoms with Gasteiger partial charge in [-0.1, -0.05) is 45.0 Å². The Bertz CT molecular complexity index is 421. The van der Waals surface area contributed by atoms with E-state index in [0.717, 1.165) is 6.42 Å². The molecule has 86 valence electrons. The molecule has 2 aliphatic rings. The van der Waals surface area contributed by atoms with Crippen molar-refractivity contribution in [1.29, 1.82) is 0 Å². The van der Waals surface area contributed by atoms with Gasteiger partial charge in [0.2, 0.25) is 0 Å². The number of fused-ring (bicyclic) bond motifs is 3. The molecule has 0 bridgehead atoms. The highest BCUT2D eigenvalue weighted by Gasteiger charge is 2.53. The molecule has 0 heterocycles. The van der Waals surface area contributed by atoms with E-state index in [9.17, 15) is 5.11 Å². The summed E-state index contributed by atoms with van der Waals surface area (Å²) in [5.74, 6) is 1.52. The molecule has 0 spiro atoms. The standard InChI is InChI=1S/C15H20O/c1-9-13-10-6-4-5-7-12(10)15(2,3)8-11(13)14(9)16/h4-7,9,11,13-14,16H,8H2,1-3H3. The van der Waals surface area contributed by atoms with E-state index in [4.69, 9.17) is 0 Å². The van der Waals surface area contributed by atoms with E-state index in [2.05, 4.69) is 45.0 Å². The molecule has 1 heteroatoms. The van der Waals surface area contributed by atoms with Gasteiger partial charge in [-0.25, -0.2) is 0 Å². The summed E-state index contributed by atoms with van der Waals surface area (Å²) < 4.78 is 0. The lowest BCUT2D eigenvalue weighted by molar-refractivity contribution is -0.0753. The van der Waals surface area contributed by atoms with Crippen LogP contribution in [-0.2, 0) is 5.41 Å². The third-order valence-electron chi connectivity index (χ3n) is 4.80. The number of hydrogen-bond donors (Lipinski definition) is 1. The number of aliphatic hydroxyl groups excluding tert-OH is 1. The van der Waals surface area contributed by atoms with E-state index in [1.54, 1.807) is 0 Å². The molecule has 16 heavy (non-hydrogen) atoms. The van der Waals surface area contributed by atoms with Gasteiger partial charge >= 0.3 is 0 Å². The van der Waals surface area contributed by atoms with Gasteiger partial charge in [0.1, 0.15) is 0 Å². The molecular weight excluding hydrogens is 196 g/mol. The van der Waals surface area contributed by atoms with Crippen LogP contribution in [-0.4, -0.2) is 11.2 Å². The van der Waals surface area contributed by atoms with Crippen molar-refractivity contribution in [3.8, 4) is 0 Å². The second-order valence-electron chi connectivity index (χ2n) is 6.21. The van der Waals surface area contributed by atoms with E-state index in [0.29, 0.717) is 17.8 Å². The highest BCUT2D eigenvalue weighted by molar-refractivity contribution is 5.42. The van der Waals surface area contributed by atoms with Crippen molar-refractivity contribution >= 4 is 0 Å². The molecule has 4 unspecified atom stereocenters. The summed E-state index contributed by atoms with van der Waals surface area (Å²) in [5.41, 5.74) is 3.20. The first-order valence-corrected chi connectivity index (χ1v) is 6.30. The smallest absolute Gasteiger partial charge is 0.0606 e. The summed E-state index contributed by atoms with van der Waals surface area (Å²) in [6.07, 6.45) is 1.04. The molecule has 1 aromatic rings. The Kier molecular flexibility index (Phi) is 2.00. The van der Waals surface area contributed by atoms with Crippen LogP contribution >= 0.6 is 0 Å². The molecule has 0 amide bonds. The summed E-state index contributed by atoms with van der Waals surface area (Å²) in [7, 11) is 0. The van der Waals surface area contributed by atoms with Crippen LogP contribution in [0.2, 0.25) is 0 Å². The molecule has 1 N–H and O–H groups in total. The largest absolute Gasteiger partial charge is 0.393 e. The third-order valence-corrected chi connectivity index (χ3v) is 4.80. The Balaban J connectivity index is 2.12. The third kappa shape index (κ3) is 1.15. The van der Waals surface area contributed by atoms with E-state index in [-0.39, 0.29) is 11.5 Å². The summed E-state index contributed by atoms with van der Waals surface area (Å²) in [6.45, 7) is 6.79. The second kappa shape index (κ2) is 3.10. The molecular formula is C15H20O. The number of rotatable bonds is 0. The molecule has 0 aliphatic heterocycles. The SMILES string of the molecule is CC1C(O)C2CC(C)(C)c3ccccc3C12. The zero-order valence-corrected chi connectivity index (χ0v) is 10.3. The summed E-state index contributed by atoms with van der Waals surface area (Å²) in [6, 6.07) is 8.80. The van der Waals surface area contributed by atoms with E-state index < -0.39 is 0 Å². The fourth-order valence-corrected chi connectivity index (χ4v) is 3.92. The van der Waals surface area contributed by atoms with Crippen molar-refractivity contribution in [2.75, 3.05) is 0 Å². The van der Waals surface area contributed by atoms with Crippen molar-refractivity contribution in [3.63, 3.8) is 0 Å². The van der Waals surface area contributed by atoms with Crippen LogP contribution in [0, 0.1) is 11.8 Å². The maximum atomic E-state index is 10.1.